The number of imidazole rings is 1. The standard InChI is InChI=1S/C19H24N8/c1-14-23-16(9-18(24-14)25-19-11-20-6-7-22-19)17-5-3-4-8-27(17)12-15-10-21-13-26(15)2/h6-7,9-11,13,17H,3-5,8,12H2,1-2H3,(H,22,23,24,25)/t17-/m1/s1. The molecule has 1 N–H and O–H groups in total. The molecule has 0 aromatic carbocycles. The largest absolute Gasteiger partial charge is 0.337 e. The van der Waals surface area contributed by atoms with Crippen molar-refractivity contribution in [1.29, 1.82) is 0 Å². The Morgan fingerprint density at radius 2 is 2.04 bits per heavy atom. The summed E-state index contributed by atoms with van der Waals surface area (Å²) in [6.07, 6.45) is 12.3. The summed E-state index contributed by atoms with van der Waals surface area (Å²) in [5.41, 5.74) is 2.27. The molecule has 1 saturated heterocycles. The molecule has 3 aromatic heterocycles. The van der Waals surface area contributed by atoms with Crippen molar-refractivity contribution >= 4 is 11.6 Å². The van der Waals surface area contributed by atoms with Gasteiger partial charge >= 0.3 is 0 Å². The smallest absolute Gasteiger partial charge is 0.150 e. The van der Waals surface area contributed by atoms with Crippen molar-refractivity contribution in [2.24, 2.45) is 7.05 Å². The van der Waals surface area contributed by atoms with Crippen LogP contribution < -0.4 is 5.32 Å². The van der Waals surface area contributed by atoms with Gasteiger partial charge in [-0.05, 0) is 26.3 Å². The fraction of sp³-hybridized carbons (Fsp3) is 0.421. The van der Waals surface area contributed by atoms with Gasteiger partial charge in [0.05, 0.1) is 30.0 Å². The monoisotopic (exact) mass is 364 g/mol. The van der Waals surface area contributed by atoms with Crippen LogP contribution in [0.1, 0.15) is 42.5 Å². The summed E-state index contributed by atoms with van der Waals surface area (Å²) in [5, 5.41) is 3.24. The second-order valence-electron chi connectivity index (χ2n) is 6.92. The molecule has 8 heteroatoms. The Labute approximate surface area is 158 Å². The average Bonchev–Trinajstić information content (AvgIpc) is 3.07. The van der Waals surface area contributed by atoms with E-state index in [2.05, 4.69) is 34.7 Å². The predicted octanol–water partition coefficient (Wildman–Crippen LogP) is 2.78. The van der Waals surface area contributed by atoms with Gasteiger partial charge in [0.1, 0.15) is 17.5 Å². The highest BCUT2D eigenvalue weighted by Crippen LogP contribution is 2.32. The highest BCUT2D eigenvalue weighted by atomic mass is 15.2. The highest BCUT2D eigenvalue weighted by molar-refractivity contribution is 5.50. The van der Waals surface area contributed by atoms with E-state index in [9.17, 15) is 0 Å². The van der Waals surface area contributed by atoms with Gasteiger partial charge in [0.25, 0.3) is 0 Å². The number of aryl methyl sites for hydroxylation is 2. The molecule has 140 valence electrons. The first kappa shape index (κ1) is 17.5. The molecule has 1 aliphatic heterocycles. The van der Waals surface area contributed by atoms with Gasteiger partial charge in [-0.3, -0.25) is 9.88 Å². The van der Waals surface area contributed by atoms with Crippen LogP contribution in [0.5, 0.6) is 0 Å². The highest BCUT2D eigenvalue weighted by Gasteiger charge is 2.26. The van der Waals surface area contributed by atoms with Crippen LogP contribution in [0.3, 0.4) is 0 Å². The molecule has 1 atom stereocenters. The van der Waals surface area contributed by atoms with Crippen LogP contribution in [0.4, 0.5) is 11.6 Å². The van der Waals surface area contributed by atoms with E-state index in [0.29, 0.717) is 5.82 Å². The molecule has 4 rings (SSSR count). The molecule has 1 fully saturated rings. The fourth-order valence-electron chi connectivity index (χ4n) is 3.58. The maximum atomic E-state index is 4.75. The Bertz CT molecular complexity index is 892. The number of nitrogens with one attached hydrogen (secondary N) is 1. The average molecular weight is 364 g/mol. The number of piperidine rings is 1. The van der Waals surface area contributed by atoms with Crippen LogP contribution in [0.15, 0.2) is 37.2 Å². The molecular weight excluding hydrogens is 340 g/mol. The van der Waals surface area contributed by atoms with Crippen LogP contribution in [0.2, 0.25) is 0 Å². The van der Waals surface area contributed by atoms with Crippen LogP contribution in [-0.4, -0.2) is 40.9 Å². The first-order valence-electron chi connectivity index (χ1n) is 9.27. The summed E-state index contributed by atoms with van der Waals surface area (Å²) in [6.45, 7) is 3.86. The quantitative estimate of drug-likeness (QED) is 0.745. The summed E-state index contributed by atoms with van der Waals surface area (Å²) in [5.74, 6) is 2.19. The topological polar surface area (TPSA) is 84.7 Å². The van der Waals surface area contributed by atoms with Crippen molar-refractivity contribution in [3.63, 3.8) is 0 Å². The normalized spacial score (nSPS) is 17.8. The molecule has 0 amide bonds. The third kappa shape index (κ3) is 4.11. The molecule has 3 aromatic rings. The lowest BCUT2D eigenvalue weighted by atomic mass is 9.98. The summed E-state index contributed by atoms with van der Waals surface area (Å²) in [7, 11) is 2.04. The molecular formula is C19H24N8. The Balaban J connectivity index is 1.59. The van der Waals surface area contributed by atoms with Gasteiger partial charge in [-0.1, -0.05) is 6.42 Å². The van der Waals surface area contributed by atoms with Crippen LogP contribution in [0, 0.1) is 6.92 Å². The molecule has 0 spiro atoms. The lowest BCUT2D eigenvalue weighted by Gasteiger charge is -2.35. The van der Waals surface area contributed by atoms with E-state index < -0.39 is 0 Å². The van der Waals surface area contributed by atoms with E-state index in [1.807, 2.05) is 32.6 Å². The van der Waals surface area contributed by atoms with Gasteiger partial charge in [-0.2, -0.15) is 0 Å². The lowest BCUT2D eigenvalue weighted by Crippen LogP contribution is -2.34. The molecule has 4 heterocycles. The fourth-order valence-corrected chi connectivity index (χ4v) is 3.58. The summed E-state index contributed by atoms with van der Waals surface area (Å²) in [6, 6.07) is 2.31. The molecule has 0 aliphatic carbocycles. The minimum absolute atomic E-state index is 0.276. The van der Waals surface area contributed by atoms with Gasteiger partial charge in [-0.15, -0.1) is 0 Å². The van der Waals surface area contributed by atoms with Crippen molar-refractivity contribution in [3.05, 3.63) is 54.4 Å². The second kappa shape index (κ2) is 7.79. The van der Waals surface area contributed by atoms with Crippen LogP contribution in [0.25, 0.3) is 0 Å². The third-order valence-electron chi connectivity index (χ3n) is 4.91. The molecule has 8 nitrogen and oxygen atoms in total. The number of hydrogen-bond acceptors (Lipinski definition) is 7. The zero-order valence-corrected chi connectivity index (χ0v) is 15.7. The van der Waals surface area contributed by atoms with Gasteiger partial charge in [0.15, 0.2) is 0 Å². The van der Waals surface area contributed by atoms with E-state index in [1.165, 1.54) is 18.5 Å². The van der Waals surface area contributed by atoms with Crippen molar-refractivity contribution in [2.75, 3.05) is 11.9 Å². The first-order chi connectivity index (χ1) is 13.2. The molecule has 0 bridgehead atoms. The summed E-state index contributed by atoms with van der Waals surface area (Å²) < 4.78 is 2.08. The maximum Gasteiger partial charge on any atom is 0.150 e. The first-order valence-corrected chi connectivity index (χ1v) is 9.27. The zero-order chi connectivity index (χ0) is 18.6. The van der Waals surface area contributed by atoms with E-state index in [1.54, 1.807) is 18.6 Å². The third-order valence-corrected chi connectivity index (χ3v) is 4.91. The Kier molecular flexibility index (Phi) is 5.06. The van der Waals surface area contributed by atoms with Crippen molar-refractivity contribution in [3.8, 4) is 0 Å². The SMILES string of the molecule is Cc1nc(Nc2cnccn2)cc([C@H]2CCCCN2Cc2cncn2C)n1. The Morgan fingerprint density at radius 3 is 2.81 bits per heavy atom. The van der Waals surface area contributed by atoms with Gasteiger partial charge < -0.3 is 9.88 Å². The number of anilines is 2. The second-order valence-corrected chi connectivity index (χ2v) is 6.92. The van der Waals surface area contributed by atoms with Crippen LogP contribution >= 0.6 is 0 Å². The van der Waals surface area contributed by atoms with Crippen molar-refractivity contribution < 1.29 is 0 Å². The Morgan fingerprint density at radius 1 is 1.11 bits per heavy atom. The minimum Gasteiger partial charge on any atom is -0.337 e. The molecule has 27 heavy (non-hydrogen) atoms. The van der Waals surface area contributed by atoms with E-state index in [0.717, 1.165) is 36.8 Å². The number of nitrogens with zero attached hydrogens (tertiary/aromatic N) is 7. The molecule has 0 unspecified atom stereocenters. The maximum absolute atomic E-state index is 4.75. The van der Waals surface area contributed by atoms with E-state index >= 15 is 0 Å². The predicted molar refractivity (Wildman–Crippen MR) is 102 cm³/mol. The minimum atomic E-state index is 0.276. The lowest BCUT2D eigenvalue weighted by molar-refractivity contribution is 0.134. The van der Waals surface area contributed by atoms with Crippen molar-refractivity contribution in [1.82, 2.24) is 34.4 Å². The summed E-state index contributed by atoms with van der Waals surface area (Å²) >= 11 is 0. The number of hydrogen-bond donors (Lipinski definition) is 1. The van der Waals surface area contributed by atoms with Crippen LogP contribution in [-0.2, 0) is 13.6 Å². The number of rotatable bonds is 5. The number of aromatic nitrogens is 6. The van der Waals surface area contributed by atoms with E-state index in [-0.39, 0.29) is 6.04 Å². The number of likely N-dealkylation sites (tertiary alicyclic amines) is 1. The van der Waals surface area contributed by atoms with Gasteiger partial charge in [-0.25, -0.2) is 19.9 Å². The molecule has 0 saturated carbocycles. The molecule has 1 aliphatic rings. The molecule has 0 radical (unpaired) electrons. The summed E-state index contributed by atoms with van der Waals surface area (Å²) in [4.78, 5) is 24.4. The van der Waals surface area contributed by atoms with Crippen molar-refractivity contribution in [2.45, 2.75) is 38.8 Å². The Hall–Kier alpha value is -2.87. The van der Waals surface area contributed by atoms with Gasteiger partial charge in [0, 0.05) is 38.2 Å². The van der Waals surface area contributed by atoms with E-state index in [4.69, 9.17) is 4.98 Å². The zero-order valence-electron chi connectivity index (χ0n) is 15.7. The van der Waals surface area contributed by atoms with Gasteiger partial charge in [0.2, 0.25) is 0 Å².